The van der Waals surface area contributed by atoms with Gasteiger partial charge in [0, 0.05) is 19.0 Å². The molecule has 0 spiro atoms. The zero-order chi connectivity index (χ0) is 31.5. The van der Waals surface area contributed by atoms with Crippen LogP contribution in [0, 0.1) is 0 Å². The molecule has 3 rings (SSSR count). The number of fused-ring (bicyclic) bond motifs is 3. The van der Waals surface area contributed by atoms with Crippen LogP contribution in [0.25, 0.3) is 11.1 Å². The third-order valence-corrected chi connectivity index (χ3v) is 6.92. The molecule has 0 saturated heterocycles. The molecule has 0 saturated carbocycles. The summed E-state index contributed by atoms with van der Waals surface area (Å²) in [5.41, 5.74) is 3.48. The lowest BCUT2D eigenvalue weighted by Gasteiger charge is -2.19. The van der Waals surface area contributed by atoms with E-state index >= 15 is 0 Å². The molecule has 1 aliphatic rings. The summed E-state index contributed by atoms with van der Waals surface area (Å²) in [5.74, 6) is -2.09. The van der Waals surface area contributed by atoms with Crippen LogP contribution in [0.2, 0.25) is 0 Å². The lowest BCUT2D eigenvalue weighted by atomic mass is 9.98. The second kappa shape index (κ2) is 15.7. The van der Waals surface area contributed by atoms with Gasteiger partial charge in [-0.05, 0) is 43.0 Å². The topological polar surface area (TPSA) is 179 Å². The summed E-state index contributed by atoms with van der Waals surface area (Å²) in [6.45, 7) is 6.29. The highest BCUT2D eigenvalue weighted by Crippen LogP contribution is 2.44. The van der Waals surface area contributed by atoms with Crippen LogP contribution in [0.5, 0.6) is 0 Å². The first-order valence-corrected chi connectivity index (χ1v) is 15.4. The summed E-state index contributed by atoms with van der Waals surface area (Å²) in [4.78, 5) is 36.7. The van der Waals surface area contributed by atoms with Crippen LogP contribution in [0.4, 0.5) is 9.59 Å². The number of carbonyl (C=O) groups excluding carboxylic acids is 3. The van der Waals surface area contributed by atoms with Crippen LogP contribution in [-0.2, 0) is 33.9 Å². The second-order valence-corrected chi connectivity index (χ2v) is 12.2. The highest BCUT2D eigenvalue weighted by atomic mass is 32.2. The van der Waals surface area contributed by atoms with E-state index in [1.807, 2.05) is 48.5 Å². The predicted molar refractivity (Wildman–Crippen MR) is 157 cm³/mol. The number of alkyl carbamates (subject to hydrolysis) is 2. The molecule has 2 aromatic rings. The second-order valence-electron chi connectivity index (χ2n) is 10.7. The van der Waals surface area contributed by atoms with Gasteiger partial charge >= 0.3 is 12.2 Å². The highest BCUT2D eigenvalue weighted by molar-refractivity contribution is 7.85. The maximum absolute atomic E-state index is 12.6. The Bertz CT molecular complexity index is 1310. The quantitative estimate of drug-likeness (QED) is 0.171. The average Bonchev–Trinajstić information content (AvgIpc) is 3.24. The molecule has 14 heteroatoms. The molecular weight excluding hydrogens is 582 g/mol. The van der Waals surface area contributed by atoms with Crippen molar-refractivity contribution in [1.82, 2.24) is 16.0 Å². The normalized spacial score (nSPS) is 13.4. The summed E-state index contributed by atoms with van der Waals surface area (Å²) in [6, 6.07) is 13.9. The van der Waals surface area contributed by atoms with Crippen molar-refractivity contribution in [3.63, 3.8) is 0 Å². The Kier molecular flexibility index (Phi) is 12.3. The van der Waals surface area contributed by atoms with Crippen LogP contribution in [0.1, 0.15) is 37.8 Å². The Morgan fingerprint density at radius 1 is 0.837 bits per heavy atom. The number of rotatable bonds is 15. The molecule has 0 aromatic heterocycles. The molecule has 43 heavy (non-hydrogen) atoms. The first kappa shape index (κ1) is 33.8. The van der Waals surface area contributed by atoms with Gasteiger partial charge in [-0.25, -0.2) is 9.59 Å². The number of amides is 3. The summed E-state index contributed by atoms with van der Waals surface area (Å²) in [7, 11) is -4.60. The van der Waals surface area contributed by atoms with Crippen LogP contribution in [-0.4, -0.2) is 94.6 Å². The number of nitrogens with one attached hydrogen (secondary N) is 3. The van der Waals surface area contributed by atoms with Gasteiger partial charge in [0.1, 0.15) is 24.0 Å². The van der Waals surface area contributed by atoms with Crippen LogP contribution in [0.3, 0.4) is 0 Å². The van der Waals surface area contributed by atoms with E-state index in [-0.39, 0.29) is 52.0 Å². The van der Waals surface area contributed by atoms with Crippen LogP contribution < -0.4 is 16.0 Å². The zero-order valence-corrected chi connectivity index (χ0v) is 25.3. The molecule has 236 valence electrons. The molecule has 0 radical (unpaired) electrons. The monoisotopic (exact) mass is 621 g/mol. The highest BCUT2D eigenvalue weighted by Gasteiger charge is 2.31. The third kappa shape index (κ3) is 11.5. The average molecular weight is 622 g/mol. The number of carbonyl (C=O) groups is 3. The molecule has 13 nitrogen and oxygen atoms in total. The van der Waals surface area contributed by atoms with Gasteiger partial charge in [-0.2, -0.15) is 8.42 Å². The standard InChI is InChI=1S/C29H39N3O10S/c1-29(2,3)42-27(34)31-13-15-40-17-16-39-14-12-30-26(33)25(19-43(36,37)38)32-28(35)41-18-24-22-10-6-4-8-20(22)21-9-5-7-11-23(21)24/h4-11,24-25H,12-19H2,1-3H3,(H,30,33)(H,31,34)(H,32,35)(H,36,37,38)/t25-/m0/s1. The summed E-state index contributed by atoms with van der Waals surface area (Å²) in [5, 5.41) is 7.26. The molecule has 0 heterocycles. The molecule has 1 atom stereocenters. The minimum Gasteiger partial charge on any atom is -0.449 e. The van der Waals surface area contributed by atoms with Gasteiger partial charge < -0.3 is 34.9 Å². The van der Waals surface area contributed by atoms with Gasteiger partial charge in [-0.15, -0.1) is 0 Å². The molecule has 0 bridgehead atoms. The maximum atomic E-state index is 12.6. The fourth-order valence-corrected chi connectivity index (χ4v) is 5.06. The SMILES string of the molecule is CC(C)(C)OC(=O)NCCOCCOCCNC(=O)[C@H](CS(=O)(=O)O)NC(=O)OCC1c2ccccc2-c2ccccc21. The van der Waals surface area contributed by atoms with E-state index in [0.29, 0.717) is 0 Å². The summed E-state index contributed by atoms with van der Waals surface area (Å²) < 4.78 is 53.5. The van der Waals surface area contributed by atoms with Gasteiger partial charge in [-0.3, -0.25) is 9.35 Å². The Balaban J connectivity index is 1.37. The van der Waals surface area contributed by atoms with Crippen molar-refractivity contribution in [3.8, 4) is 11.1 Å². The molecule has 0 fully saturated rings. The summed E-state index contributed by atoms with van der Waals surface area (Å²) >= 11 is 0. The fourth-order valence-electron chi connectivity index (χ4n) is 4.41. The van der Waals surface area contributed by atoms with E-state index < -0.39 is 45.6 Å². The third-order valence-electron chi connectivity index (χ3n) is 6.16. The van der Waals surface area contributed by atoms with Crippen molar-refractivity contribution >= 4 is 28.2 Å². The minimum absolute atomic E-state index is 0.00732. The van der Waals surface area contributed by atoms with E-state index in [4.69, 9.17) is 18.9 Å². The van der Waals surface area contributed by atoms with Gasteiger partial charge in [-0.1, -0.05) is 48.5 Å². The molecule has 2 aromatic carbocycles. The number of hydrogen-bond acceptors (Lipinski definition) is 9. The van der Waals surface area contributed by atoms with E-state index in [2.05, 4.69) is 16.0 Å². The minimum atomic E-state index is -4.60. The molecule has 0 aliphatic heterocycles. The van der Waals surface area contributed by atoms with Crippen LogP contribution in [0.15, 0.2) is 48.5 Å². The van der Waals surface area contributed by atoms with Crippen molar-refractivity contribution in [3.05, 3.63) is 59.7 Å². The van der Waals surface area contributed by atoms with Gasteiger partial charge in [0.25, 0.3) is 10.1 Å². The molecule has 1 aliphatic carbocycles. The molecular formula is C29H39N3O10S. The zero-order valence-electron chi connectivity index (χ0n) is 24.5. The Hall–Kier alpha value is -3.72. The molecule has 0 unspecified atom stereocenters. The fraction of sp³-hybridized carbons (Fsp3) is 0.483. The first-order chi connectivity index (χ1) is 20.3. The van der Waals surface area contributed by atoms with Gasteiger partial charge in [0.15, 0.2) is 0 Å². The number of hydrogen-bond donors (Lipinski definition) is 4. The Labute approximate surface area is 251 Å². The van der Waals surface area contributed by atoms with Crippen molar-refractivity contribution in [2.24, 2.45) is 0 Å². The smallest absolute Gasteiger partial charge is 0.407 e. The van der Waals surface area contributed by atoms with Gasteiger partial charge in [0.2, 0.25) is 5.91 Å². The van der Waals surface area contributed by atoms with Crippen molar-refractivity contribution < 1.29 is 46.3 Å². The van der Waals surface area contributed by atoms with E-state index in [1.165, 1.54) is 0 Å². The lowest BCUT2D eigenvalue weighted by Crippen LogP contribution is -2.51. The summed E-state index contributed by atoms with van der Waals surface area (Å²) in [6.07, 6.45) is -1.54. The Morgan fingerprint density at radius 3 is 1.91 bits per heavy atom. The predicted octanol–water partition coefficient (Wildman–Crippen LogP) is 2.46. The first-order valence-electron chi connectivity index (χ1n) is 13.8. The number of benzene rings is 2. The number of ether oxygens (including phenoxy) is 4. The van der Waals surface area contributed by atoms with Crippen molar-refractivity contribution in [1.29, 1.82) is 0 Å². The van der Waals surface area contributed by atoms with E-state index in [1.54, 1.807) is 20.8 Å². The van der Waals surface area contributed by atoms with E-state index in [0.717, 1.165) is 22.3 Å². The lowest BCUT2D eigenvalue weighted by molar-refractivity contribution is -0.122. The van der Waals surface area contributed by atoms with Gasteiger partial charge in [0.05, 0.1) is 26.4 Å². The van der Waals surface area contributed by atoms with Crippen molar-refractivity contribution in [2.45, 2.75) is 38.3 Å². The molecule has 4 N–H and O–H groups in total. The molecule has 3 amide bonds. The van der Waals surface area contributed by atoms with E-state index in [9.17, 15) is 27.4 Å². The van der Waals surface area contributed by atoms with Crippen LogP contribution >= 0.6 is 0 Å². The Morgan fingerprint density at radius 2 is 1.37 bits per heavy atom. The largest absolute Gasteiger partial charge is 0.449 e. The maximum Gasteiger partial charge on any atom is 0.407 e. The van der Waals surface area contributed by atoms with Crippen molar-refractivity contribution in [2.75, 3.05) is 51.9 Å².